The molecule has 0 atom stereocenters. The predicted molar refractivity (Wildman–Crippen MR) is 105 cm³/mol. The van der Waals surface area contributed by atoms with E-state index in [-0.39, 0.29) is 5.91 Å². The Hall–Kier alpha value is -2.14. The van der Waals surface area contributed by atoms with Gasteiger partial charge in [0.1, 0.15) is 5.75 Å². The molecule has 0 heterocycles. The Morgan fingerprint density at radius 2 is 1.68 bits per heavy atom. The average Bonchev–Trinajstić information content (AvgIpc) is 2.60. The van der Waals surface area contributed by atoms with Crippen LogP contribution >= 0.6 is 15.9 Å². The highest BCUT2D eigenvalue weighted by atomic mass is 79.9. The van der Waals surface area contributed by atoms with E-state index in [0.717, 1.165) is 27.9 Å². The number of nitrogens with zero attached hydrogens (tertiary/aromatic N) is 1. The van der Waals surface area contributed by atoms with Gasteiger partial charge in [0, 0.05) is 10.0 Å². The van der Waals surface area contributed by atoms with Crippen molar-refractivity contribution in [2.24, 2.45) is 11.0 Å². The normalized spacial score (nSPS) is 11.5. The molecule has 5 heteroatoms. The molecule has 1 amide bonds. The van der Waals surface area contributed by atoms with Gasteiger partial charge in [-0.15, -0.1) is 0 Å². The van der Waals surface area contributed by atoms with Crippen LogP contribution < -0.4 is 10.2 Å². The van der Waals surface area contributed by atoms with Crippen molar-refractivity contribution in [2.75, 3.05) is 6.61 Å². The van der Waals surface area contributed by atoms with Crippen molar-refractivity contribution in [3.8, 4) is 5.75 Å². The molecule has 0 bridgehead atoms. The first-order chi connectivity index (χ1) is 12.0. The van der Waals surface area contributed by atoms with Crippen LogP contribution in [0.5, 0.6) is 5.75 Å². The lowest BCUT2D eigenvalue weighted by Gasteiger charge is -2.08. The van der Waals surface area contributed by atoms with Gasteiger partial charge in [-0.05, 0) is 61.2 Å². The van der Waals surface area contributed by atoms with Crippen LogP contribution in [0, 0.1) is 5.92 Å². The van der Waals surface area contributed by atoms with E-state index in [1.54, 1.807) is 24.3 Å². The number of hydrazone groups is 1. The van der Waals surface area contributed by atoms with E-state index in [1.807, 2.05) is 31.2 Å². The van der Waals surface area contributed by atoms with Gasteiger partial charge < -0.3 is 4.74 Å². The Morgan fingerprint density at radius 1 is 1.08 bits per heavy atom. The van der Waals surface area contributed by atoms with Crippen LogP contribution in [0.1, 0.15) is 43.1 Å². The topological polar surface area (TPSA) is 50.7 Å². The summed E-state index contributed by atoms with van der Waals surface area (Å²) in [6.07, 6.45) is 1.01. The average molecular weight is 403 g/mol. The molecular weight excluding hydrogens is 380 g/mol. The van der Waals surface area contributed by atoms with E-state index < -0.39 is 0 Å². The van der Waals surface area contributed by atoms with Crippen LogP contribution in [0.2, 0.25) is 0 Å². The molecule has 2 aromatic rings. The number of carbonyl (C=O) groups is 1. The summed E-state index contributed by atoms with van der Waals surface area (Å²) in [4.78, 5) is 12.2. The quantitative estimate of drug-likeness (QED) is 0.521. The van der Waals surface area contributed by atoms with Crippen molar-refractivity contribution in [1.82, 2.24) is 5.43 Å². The first-order valence-electron chi connectivity index (χ1n) is 8.29. The molecule has 0 saturated carbocycles. The highest BCUT2D eigenvalue weighted by Crippen LogP contribution is 2.14. The highest BCUT2D eigenvalue weighted by Gasteiger charge is 2.06. The molecule has 4 nitrogen and oxygen atoms in total. The zero-order valence-electron chi connectivity index (χ0n) is 14.8. The summed E-state index contributed by atoms with van der Waals surface area (Å²) in [6, 6.07) is 14.9. The molecule has 0 unspecified atom stereocenters. The Bertz CT molecular complexity index is 722. The Kier molecular flexibility index (Phi) is 7.19. The lowest BCUT2D eigenvalue weighted by atomic mass is 10.1. The van der Waals surface area contributed by atoms with Crippen LogP contribution in [-0.2, 0) is 0 Å². The molecule has 25 heavy (non-hydrogen) atoms. The van der Waals surface area contributed by atoms with Crippen molar-refractivity contribution >= 4 is 27.5 Å². The molecule has 0 radical (unpaired) electrons. The number of hydrogen-bond donors (Lipinski definition) is 1. The van der Waals surface area contributed by atoms with Crippen molar-refractivity contribution in [3.05, 3.63) is 64.1 Å². The van der Waals surface area contributed by atoms with Crippen LogP contribution in [0.15, 0.2) is 58.1 Å². The minimum Gasteiger partial charge on any atom is -0.494 e. The van der Waals surface area contributed by atoms with E-state index in [1.165, 1.54) is 0 Å². The Morgan fingerprint density at radius 3 is 2.28 bits per heavy atom. The van der Waals surface area contributed by atoms with Crippen molar-refractivity contribution in [3.63, 3.8) is 0 Å². The fourth-order valence-electron chi connectivity index (χ4n) is 2.07. The van der Waals surface area contributed by atoms with Gasteiger partial charge >= 0.3 is 0 Å². The second kappa shape index (κ2) is 9.37. The van der Waals surface area contributed by atoms with Gasteiger partial charge in [-0.25, -0.2) is 5.43 Å². The predicted octanol–water partition coefficient (Wildman–Crippen LogP) is 5.03. The largest absolute Gasteiger partial charge is 0.494 e. The molecular formula is C20H23BrN2O2. The molecule has 0 aliphatic rings. The maximum atomic E-state index is 12.2. The third-order valence-corrected chi connectivity index (χ3v) is 4.20. The van der Waals surface area contributed by atoms with Gasteiger partial charge in [-0.3, -0.25) is 4.79 Å². The molecule has 0 saturated heterocycles. The molecule has 2 aromatic carbocycles. The number of ether oxygens (including phenoxy) is 1. The van der Waals surface area contributed by atoms with Gasteiger partial charge in [0.05, 0.1) is 12.3 Å². The fraction of sp³-hybridized carbons (Fsp3) is 0.300. The second-order valence-electron chi connectivity index (χ2n) is 6.20. The van der Waals surface area contributed by atoms with Crippen molar-refractivity contribution in [1.29, 1.82) is 0 Å². The minimum absolute atomic E-state index is 0.245. The number of benzene rings is 2. The minimum atomic E-state index is -0.245. The van der Waals surface area contributed by atoms with Gasteiger partial charge in [0.15, 0.2) is 0 Å². The zero-order chi connectivity index (χ0) is 18.2. The SMILES string of the molecule is CC(=NNC(=O)c1ccc(OCCC(C)C)cc1)c1ccc(Br)cc1. The highest BCUT2D eigenvalue weighted by molar-refractivity contribution is 9.10. The van der Waals surface area contributed by atoms with Gasteiger partial charge in [-0.1, -0.05) is 41.9 Å². The zero-order valence-corrected chi connectivity index (χ0v) is 16.3. The molecule has 0 fully saturated rings. The summed E-state index contributed by atoms with van der Waals surface area (Å²) in [5, 5.41) is 4.16. The smallest absolute Gasteiger partial charge is 0.271 e. The molecule has 0 aliphatic heterocycles. The Balaban J connectivity index is 1.91. The van der Waals surface area contributed by atoms with Gasteiger partial charge in [-0.2, -0.15) is 5.10 Å². The second-order valence-corrected chi connectivity index (χ2v) is 7.12. The van der Waals surface area contributed by atoms with Crippen LogP contribution in [0.25, 0.3) is 0 Å². The fourth-order valence-corrected chi connectivity index (χ4v) is 2.33. The summed E-state index contributed by atoms with van der Waals surface area (Å²) in [5.41, 5.74) is 4.83. The summed E-state index contributed by atoms with van der Waals surface area (Å²) >= 11 is 3.40. The molecule has 0 spiro atoms. The van der Waals surface area contributed by atoms with Gasteiger partial charge in [0.25, 0.3) is 5.91 Å². The van der Waals surface area contributed by atoms with E-state index in [9.17, 15) is 4.79 Å². The van der Waals surface area contributed by atoms with Crippen molar-refractivity contribution < 1.29 is 9.53 Å². The first-order valence-corrected chi connectivity index (χ1v) is 9.08. The van der Waals surface area contributed by atoms with E-state index in [4.69, 9.17) is 4.74 Å². The number of hydrogen-bond acceptors (Lipinski definition) is 3. The third kappa shape index (κ3) is 6.35. The summed E-state index contributed by atoms with van der Waals surface area (Å²) in [7, 11) is 0. The number of halogens is 1. The monoisotopic (exact) mass is 402 g/mol. The third-order valence-electron chi connectivity index (χ3n) is 3.67. The van der Waals surface area contributed by atoms with E-state index in [0.29, 0.717) is 18.1 Å². The van der Waals surface area contributed by atoms with Crippen LogP contribution in [0.4, 0.5) is 0 Å². The number of nitrogens with one attached hydrogen (secondary N) is 1. The standard InChI is InChI=1S/C20H23BrN2O2/c1-14(2)12-13-25-19-10-6-17(7-11-19)20(24)23-22-15(3)16-4-8-18(21)9-5-16/h4-11,14H,12-13H2,1-3H3,(H,23,24). The van der Waals surface area contributed by atoms with Gasteiger partial charge in [0.2, 0.25) is 0 Å². The molecule has 132 valence electrons. The maximum absolute atomic E-state index is 12.2. The van der Waals surface area contributed by atoms with Crippen LogP contribution in [0.3, 0.4) is 0 Å². The summed E-state index contributed by atoms with van der Waals surface area (Å²) < 4.78 is 6.66. The summed E-state index contributed by atoms with van der Waals surface area (Å²) in [6.45, 7) is 6.86. The lowest BCUT2D eigenvalue weighted by Crippen LogP contribution is -2.19. The number of carbonyl (C=O) groups excluding carboxylic acids is 1. The molecule has 0 aliphatic carbocycles. The number of amides is 1. The summed E-state index contributed by atoms with van der Waals surface area (Å²) in [5.74, 6) is 1.13. The van der Waals surface area contributed by atoms with Crippen LogP contribution in [-0.4, -0.2) is 18.2 Å². The van der Waals surface area contributed by atoms with Crippen molar-refractivity contribution in [2.45, 2.75) is 27.2 Å². The van der Waals surface area contributed by atoms with E-state index in [2.05, 4.69) is 40.3 Å². The number of rotatable bonds is 7. The molecule has 0 aromatic heterocycles. The Labute approximate surface area is 157 Å². The lowest BCUT2D eigenvalue weighted by molar-refractivity contribution is 0.0955. The molecule has 2 rings (SSSR count). The maximum Gasteiger partial charge on any atom is 0.271 e. The van der Waals surface area contributed by atoms with E-state index >= 15 is 0 Å². The first kappa shape index (κ1) is 19.2. The molecule has 1 N–H and O–H groups in total.